The van der Waals surface area contributed by atoms with Gasteiger partial charge in [-0.1, -0.05) is 12.1 Å². The molecule has 4 rings (SSSR count). The van der Waals surface area contributed by atoms with Crippen LogP contribution in [0.4, 0.5) is 0 Å². The van der Waals surface area contributed by atoms with Crippen molar-refractivity contribution in [3.8, 4) is 17.1 Å². The number of para-hydroxylation sites is 1. The minimum atomic E-state index is -0.285. The fraction of sp³-hybridized carbons (Fsp3) is 0.0588. The van der Waals surface area contributed by atoms with Crippen LogP contribution in [0.25, 0.3) is 33.5 Å². The molecule has 0 aliphatic rings. The summed E-state index contributed by atoms with van der Waals surface area (Å²) in [5.41, 5.74) is 2.00. The Labute approximate surface area is 125 Å². The molecule has 5 heteroatoms. The minimum absolute atomic E-state index is 0.249. The first-order chi connectivity index (χ1) is 10.8. The van der Waals surface area contributed by atoms with E-state index in [1.807, 2.05) is 48.5 Å². The van der Waals surface area contributed by atoms with Crippen molar-refractivity contribution in [2.24, 2.45) is 0 Å². The lowest BCUT2D eigenvalue weighted by Gasteiger charge is -2.03. The number of methoxy groups -OCH3 is 1. The summed E-state index contributed by atoms with van der Waals surface area (Å²) >= 11 is 0. The fourth-order valence-electron chi connectivity index (χ4n) is 2.49. The smallest absolute Gasteiger partial charge is 0.294 e. The molecule has 0 radical (unpaired) electrons. The van der Waals surface area contributed by atoms with Crippen LogP contribution in [0, 0.1) is 0 Å². The highest BCUT2D eigenvalue weighted by atomic mass is 16.5. The van der Waals surface area contributed by atoms with Crippen molar-refractivity contribution in [1.29, 1.82) is 0 Å². The molecule has 4 aromatic rings. The molecule has 2 aromatic carbocycles. The molecule has 0 fully saturated rings. The molecule has 5 nitrogen and oxygen atoms in total. The molecule has 0 spiro atoms. The van der Waals surface area contributed by atoms with Crippen LogP contribution in [0.15, 0.2) is 57.7 Å². The number of aromatic amines is 1. The van der Waals surface area contributed by atoms with Crippen LogP contribution in [0.2, 0.25) is 0 Å². The van der Waals surface area contributed by atoms with E-state index in [9.17, 15) is 4.79 Å². The molecule has 0 unspecified atom stereocenters. The first-order valence-corrected chi connectivity index (χ1v) is 6.82. The van der Waals surface area contributed by atoms with Gasteiger partial charge in [0.25, 0.3) is 5.56 Å². The van der Waals surface area contributed by atoms with E-state index in [1.165, 1.54) is 0 Å². The summed E-state index contributed by atoms with van der Waals surface area (Å²) in [6, 6.07) is 14.8. The Kier molecular flexibility index (Phi) is 2.72. The van der Waals surface area contributed by atoms with Crippen LogP contribution < -0.4 is 10.3 Å². The van der Waals surface area contributed by atoms with E-state index in [0.29, 0.717) is 16.9 Å². The van der Waals surface area contributed by atoms with Crippen LogP contribution in [0.3, 0.4) is 0 Å². The van der Waals surface area contributed by atoms with Gasteiger partial charge in [0.1, 0.15) is 22.7 Å². The van der Waals surface area contributed by atoms with Gasteiger partial charge in [0.2, 0.25) is 5.58 Å². The molecule has 0 aliphatic heterocycles. The van der Waals surface area contributed by atoms with Crippen molar-refractivity contribution in [3.63, 3.8) is 0 Å². The molecule has 2 aromatic heterocycles. The second-order valence-corrected chi connectivity index (χ2v) is 4.92. The Bertz CT molecular complexity index is 1030. The normalized spacial score (nSPS) is 11.1. The number of fused-ring (bicyclic) bond motifs is 3. The van der Waals surface area contributed by atoms with Crippen LogP contribution in [-0.2, 0) is 0 Å². The van der Waals surface area contributed by atoms with Gasteiger partial charge in [-0.3, -0.25) is 4.79 Å². The third kappa shape index (κ3) is 1.87. The Morgan fingerprint density at radius 1 is 1.09 bits per heavy atom. The Morgan fingerprint density at radius 3 is 2.64 bits per heavy atom. The Hall–Kier alpha value is -3.08. The summed E-state index contributed by atoms with van der Waals surface area (Å²) in [6.45, 7) is 0. The lowest BCUT2D eigenvalue weighted by Crippen LogP contribution is -2.08. The first-order valence-electron chi connectivity index (χ1n) is 6.82. The van der Waals surface area contributed by atoms with Crippen LogP contribution in [0.1, 0.15) is 0 Å². The lowest BCUT2D eigenvalue weighted by molar-refractivity contribution is 0.415. The molecule has 0 aliphatic carbocycles. The van der Waals surface area contributed by atoms with Gasteiger partial charge in [-0.15, -0.1) is 0 Å². The summed E-state index contributed by atoms with van der Waals surface area (Å²) in [4.78, 5) is 19.6. The predicted molar refractivity (Wildman–Crippen MR) is 84.1 cm³/mol. The van der Waals surface area contributed by atoms with Crippen molar-refractivity contribution in [3.05, 3.63) is 58.9 Å². The van der Waals surface area contributed by atoms with E-state index in [1.54, 1.807) is 7.11 Å². The molecule has 2 heterocycles. The van der Waals surface area contributed by atoms with E-state index in [4.69, 9.17) is 9.15 Å². The van der Waals surface area contributed by atoms with Crippen molar-refractivity contribution in [1.82, 2.24) is 9.97 Å². The number of benzene rings is 2. The zero-order valence-corrected chi connectivity index (χ0v) is 11.8. The Morgan fingerprint density at radius 2 is 1.86 bits per heavy atom. The SMILES string of the molecule is COc1ccc(-c2nc3c(oc4ccccc43)c(=O)[nH]2)cc1. The second kappa shape index (κ2) is 4.73. The Balaban J connectivity index is 1.98. The summed E-state index contributed by atoms with van der Waals surface area (Å²) < 4.78 is 10.7. The van der Waals surface area contributed by atoms with Crippen molar-refractivity contribution in [2.45, 2.75) is 0 Å². The zero-order chi connectivity index (χ0) is 15.1. The number of nitrogens with zero attached hydrogens (tertiary/aromatic N) is 1. The topological polar surface area (TPSA) is 68.1 Å². The molecule has 0 saturated heterocycles. The maximum Gasteiger partial charge on any atom is 0.294 e. The van der Waals surface area contributed by atoms with Gasteiger partial charge in [0, 0.05) is 10.9 Å². The largest absolute Gasteiger partial charge is 0.497 e. The van der Waals surface area contributed by atoms with E-state index in [-0.39, 0.29) is 11.1 Å². The first kappa shape index (κ1) is 12.6. The zero-order valence-electron chi connectivity index (χ0n) is 11.8. The van der Waals surface area contributed by atoms with E-state index in [0.717, 1.165) is 16.7 Å². The molecule has 22 heavy (non-hydrogen) atoms. The van der Waals surface area contributed by atoms with Crippen molar-refractivity contribution < 1.29 is 9.15 Å². The fourth-order valence-corrected chi connectivity index (χ4v) is 2.49. The van der Waals surface area contributed by atoms with Gasteiger partial charge in [-0.2, -0.15) is 0 Å². The average molecular weight is 292 g/mol. The highest BCUT2D eigenvalue weighted by molar-refractivity contribution is 6.02. The molecule has 0 atom stereocenters. The number of furan rings is 1. The molecular weight excluding hydrogens is 280 g/mol. The van der Waals surface area contributed by atoms with E-state index in [2.05, 4.69) is 9.97 Å². The number of H-pyrrole nitrogens is 1. The monoisotopic (exact) mass is 292 g/mol. The molecule has 108 valence electrons. The van der Waals surface area contributed by atoms with Gasteiger partial charge < -0.3 is 14.1 Å². The molecular formula is C17H12N2O3. The summed E-state index contributed by atoms with van der Waals surface area (Å²) in [6.07, 6.45) is 0. The van der Waals surface area contributed by atoms with Gasteiger partial charge in [-0.25, -0.2) is 4.98 Å². The van der Waals surface area contributed by atoms with E-state index < -0.39 is 0 Å². The van der Waals surface area contributed by atoms with Crippen LogP contribution in [-0.4, -0.2) is 17.1 Å². The highest BCUT2D eigenvalue weighted by Gasteiger charge is 2.13. The maximum atomic E-state index is 12.3. The van der Waals surface area contributed by atoms with Gasteiger partial charge in [0.15, 0.2) is 0 Å². The number of aromatic nitrogens is 2. The maximum absolute atomic E-state index is 12.3. The highest BCUT2D eigenvalue weighted by Crippen LogP contribution is 2.26. The lowest BCUT2D eigenvalue weighted by atomic mass is 10.2. The summed E-state index contributed by atoms with van der Waals surface area (Å²) in [5.74, 6) is 1.26. The number of hydrogen-bond acceptors (Lipinski definition) is 4. The molecule has 0 saturated carbocycles. The van der Waals surface area contributed by atoms with Crippen LogP contribution >= 0.6 is 0 Å². The van der Waals surface area contributed by atoms with Crippen molar-refractivity contribution >= 4 is 22.1 Å². The number of ether oxygens (including phenoxy) is 1. The number of hydrogen-bond donors (Lipinski definition) is 1. The average Bonchev–Trinajstić information content (AvgIpc) is 2.94. The van der Waals surface area contributed by atoms with Gasteiger partial charge in [0.05, 0.1) is 7.11 Å². The molecule has 1 N–H and O–H groups in total. The molecule has 0 amide bonds. The number of nitrogens with one attached hydrogen (secondary N) is 1. The second-order valence-electron chi connectivity index (χ2n) is 4.92. The predicted octanol–water partition coefficient (Wildman–Crippen LogP) is 3.34. The van der Waals surface area contributed by atoms with Gasteiger partial charge in [-0.05, 0) is 36.4 Å². The summed E-state index contributed by atoms with van der Waals surface area (Å²) in [7, 11) is 1.61. The minimum Gasteiger partial charge on any atom is -0.497 e. The van der Waals surface area contributed by atoms with Crippen LogP contribution in [0.5, 0.6) is 5.75 Å². The quantitative estimate of drug-likeness (QED) is 0.615. The third-order valence-electron chi connectivity index (χ3n) is 3.59. The van der Waals surface area contributed by atoms with E-state index >= 15 is 0 Å². The standard InChI is InChI=1S/C17H12N2O3/c1-21-11-8-6-10(7-9-11)16-18-14-12-4-2-3-5-13(12)22-15(14)17(20)19-16/h2-9H,1H3,(H,18,19,20). The molecule has 0 bridgehead atoms. The van der Waals surface area contributed by atoms with Gasteiger partial charge >= 0.3 is 0 Å². The van der Waals surface area contributed by atoms with Crippen molar-refractivity contribution in [2.75, 3.05) is 7.11 Å². The summed E-state index contributed by atoms with van der Waals surface area (Å²) in [5, 5.41) is 0.832. The third-order valence-corrected chi connectivity index (χ3v) is 3.59. The number of rotatable bonds is 2.